The summed E-state index contributed by atoms with van der Waals surface area (Å²) in [6.07, 6.45) is 0. The first-order chi connectivity index (χ1) is 10.6. The first kappa shape index (κ1) is 15.0. The third-order valence-corrected chi connectivity index (χ3v) is 2.62. The van der Waals surface area contributed by atoms with Crippen LogP contribution in [0.25, 0.3) is 0 Å². The van der Waals surface area contributed by atoms with Gasteiger partial charge in [-0.25, -0.2) is 4.79 Å². The van der Waals surface area contributed by atoms with E-state index < -0.39 is 17.8 Å². The highest BCUT2D eigenvalue weighted by Gasteiger charge is 2.09. The number of esters is 1. The minimum absolute atomic E-state index is 0.348. The van der Waals surface area contributed by atoms with Crippen molar-refractivity contribution in [1.29, 1.82) is 0 Å². The van der Waals surface area contributed by atoms with Gasteiger partial charge in [0.25, 0.3) is 0 Å². The van der Waals surface area contributed by atoms with Gasteiger partial charge in [0.1, 0.15) is 5.75 Å². The molecule has 4 N–H and O–H groups in total. The van der Waals surface area contributed by atoms with Crippen LogP contribution in [0.1, 0.15) is 10.4 Å². The summed E-state index contributed by atoms with van der Waals surface area (Å²) in [5, 5.41) is 0. The molecule has 0 unspecified atom stereocenters. The Morgan fingerprint density at radius 3 is 2.14 bits per heavy atom. The fraction of sp³-hybridized carbons (Fsp3) is 0. The van der Waals surface area contributed by atoms with Gasteiger partial charge in [0.2, 0.25) is 0 Å². The van der Waals surface area contributed by atoms with E-state index >= 15 is 0 Å². The summed E-state index contributed by atoms with van der Waals surface area (Å²) >= 11 is 0. The highest BCUT2D eigenvalue weighted by Crippen LogP contribution is 2.16. The molecule has 0 heterocycles. The highest BCUT2D eigenvalue weighted by molar-refractivity contribution is 6.34. The summed E-state index contributed by atoms with van der Waals surface area (Å²) in [5.74, 6) is -2.18. The summed E-state index contributed by atoms with van der Waals surface area (Å²) in [6, 6.07) is 14.8. The number of amides is 2. The van der Waals surface area contributed by atoms with E-state index in [1.807, 2.05) is 0 Å². The SMILES string of the molecule is NC(=O)C(=O)NNc1ccc(OC(=O)c2ccccc2)cc1. The molecule has 0 aliphatic rings. The van der Waals surface area contributed by atoms with Crippen molar-refractivity contribution in [3.05, 3.63) is 60.2 Å². The summed E-state index contributed by atoms with van der Waals surface area (Å²) in [7, 11) is 0. The van der Waals surface area contributed by atoms with Crippen LogP contribution in [0.4, 0.5) is 5.69 Å². The van der Waals surface area contributed by atoms with E-state index in [0.29, 0.717) is 17.0 Å². The van der Waals surface area contributed by atoms with Crippen molar-refractivity contribution in [2.45, 2.75) is 0 Å². The van der Waals surface area contributed by atoms with Gasteiger partial charge >= 0.3 is 17.8 Å². The molecule has 0 radical (unpaired) electrons. The standard InChI is InChI=1S/C15H13N3O4/c16-13(19)14(20)18-17-11-6-8-12(9-7-11)22-15(21)10-4-2-1-3-5-10/h1-9,17H,(H2,16,19)(H,18,20). The Labute approximate surface area is 126 Å². The van der Waals surface area contributed by atoms with Crippen molar-refractivity contribution in [2.24, 2.45) is 5.73 Å². The van der Waals surface area contributed by atoms with Crippen LogP contribution in [-0.2, 0) is 9.59 Å². The molecule has 0 atom stereocenters. The van der Waals surface area contributed by atoms with Crippen LogP contribution in [0.3, 0.4) is 0 Å². The van der Waals surface area contributed by atoms with E-state index in [1.165, 1.54) is 0 Å². The maximum absolute atomic E-state index is 11.8. The van der Waals surface area contributed by atoms with Gasteiger partial charge < -0.3 is 10.5 Å². The summed E-state index contributed by atoms with van der Waals surface area (Å²) in [5.41, 5.74) is 10.3. The quantitative estimate of drug-likeness (QED) is 0.335. The number of ether oxygens (including phenoxy) is 1. The molecule has 0 bridgehead atoms. The predicted molar refractivity (Wildman–Crippen MR) is 78.8 cm³/mol. The number of benzene rings is 2. The average Bonchev–Trinajstić information content (AvgIpc) is 2.54. The molecule has 2 amide bonds. The van der Waals surface area contributed by atoms with Crippen molar-refractivity contribution in [2.75, 3.05) is 5.43 Å². The Hall–Kier alpha value is -3.35. The fourth-order valence-corrected chi connectivity index (χ4v) is 1.54. The number of hydrogen-bond acceptors (Lipinski definition) is 5. The molecule has 0 fully saturated rings. The lowest BCUT2D eigenvalue weighted by atomic mass is 10.2. The number of rotatable bonds is 4. The van der Waals surface area contributed by atoms with E-state index in [-0.39, 0.29) is 0 Å². The number of nitrogens with one attached hydrogen (secondary N) is 2. The van der Waals surface area contributed by atoms with Crippen LogP contribution in [0.15, 0.2) is 54.6 Å². The zero-order valence-electron chi connectivity index (χ0n) is 11.4. The molecule has 0 aliphatic carbocycles. The topological polar surface area (TPSA) is 111 Å². The Bertz CT molecular complexity index is 684. The van der Waals surface area contributed by atoms with Crippen molar-refractivity contribution < 1.29 is 19.1 Å². The van der Waals surface area contributed by atoms with Gasteiger partial charge in [-0.1, -0.05) is 18.2 Å². The van der Waals surface area contributed by atoms with Crippen LogP contribution < -0.4 is 21.3 Å². The smallest absolute Gasteiger partial charge is 0.343 e. The second-order valence-electron chi connectivity index (χ2n) is 4.22. The average molecular weight is 299 g/mol. The number of primary amides is 1. The van der Waals surface area contributed by atoms with Crippen molar-refractivity contribution in [3.8, 4) is 5.75 Å². The van der Waals surface area contributed by atoms with Crippen LogP contribution in [0.5, 0.6) is 5.75 Å². The van der Waals surface area contributed by atoms with Crippen molar-refractivity contribution in [3.63, 3.8) is 0 Å². The van der Waals surface area contributed by atoms with Crippen LogP contribution in [-0.4, -0.2) is 17.8 Å². The van der Waals surface area contributed by atoms with Gasteiger partial charge in [0.15, 0.2) is 0 Å². The molecule has 112 valence electrons. The lowest BCUT2D eigenvalue weighted by Crippen LogP contribution is -2.39. The summed E-state index contributed by atoms with van der Waals surface area (Å²) < 4.78 is 5.19. The maximum Gasteiger partial charge on any atom is 0.343 e. The molecular formula is C15H13N3O4. The lowest BCUT2D eigenvalue weighted by molar-refractivity contribution is -0.136. The lowest BCUT2D eigenvalue weighted by Gasteiger charge is -2.08. The minimum atomic E-state index is -1.10. The number of hydrazine groups is 1. The van der Waals surface area contributed by atoms with Gasteiger partial charge in [-0.05, 0) is 36.4 Å². The number of carbonyl (C=O) groups is 3. The van der Waals surface area contributed by atoms with Gasteiger partial charge in [0, 0.05) is 0 Å². The van der Waals surface area contributed by atoms with E-state index in [2.05, 4.69) is 10.9 Å². The molecule has 0 aromatic heterocycles. The minimum Gasteiger partial charge on any atom is -0.423 e. The van der Waals surface area contributed by atoms with Crippen LogP contribution >= 0.6 is 0 Å². The molecule has 0 spiro atoms. The number of nitrogens with two attached hydrogens (primary N) is 1. The molecule has 0 saturated carbocycles. The van der Waals surface area contributed by atoms with Gasteiger partial charge in [-0.3, -0.25) is 20.4 Å². The fourth-order valence-electron chi connectivity index (χ4n) is 1.54. The predicted octanol–water partition coefficient (Wildman–Crippen LogP) is 0.834. The molecule has 2 aromatic rings. The third kappa shape index (κ3) is 4.07. The molecule has 0 saturated heterocycles. The van der Waals surface area contributed by atoms with Crippen LogP contribution in [0.2, 0.25) is 0 Å². The molecular weight excluding hydrogens is 286 g/mol. The second-order valence-corrected chi connectivity index (χ2v) is 4.22. The first-order valence-corrected chi connectivity index (χ1v) is 6.29. The van der Waals surface area contributed by atoms with Crippen molar-refractivity contribution in [1.82, 2.24) is 5.43 Å². The van der Waals surface area contributed by atoms with E-state index in [0.717, 1.165) is 0 Å². The zero-order chi connectivity index (χ0) is 15.9. The Morgan fingerprint density at radius 1 is 0.909 bits per heavy atom. The van der Waals surface area contributed by atoms with Gasteiger partial charge in [-0.15, -0.1) is 0 Å². The zero-order valence-corrected chi connectivity index (χ0v) is 11.4. The van der Waals surface area contributed by atoms with Gasteiger partial charge in [0.05, 0.1) is 11.3 Å². The largest absolute Gasteiger partial charge is 0.423 e. The Balaban J connectivity index is 1.93. The Morgan fingerprint density at radius 2 is 1.55 bits per heavy atom. The summed E-state index contributed by atoms with van der Waals surface area (Å²) in [4.78, 5) is 33.4. The van der Waals surface area contributed by atoms with Gasteiger partial charge in [-0.2, -0.15) is 0 Å². The normalized spacial score (nSPS) is 9.64. The Kier molecular flexibility index (Phi) is 4.71. The number of anilines is 1. The number of carbonyl (C=O) groups excluding carboxylic acids is 3. The molecule has 7 nitrogen and oxygen atoms in total. The molecule has 2 rings (SSSR count). The third-order valence-electron chi connectivity index (χ3n) is 2.62. The van der Waals surface area contributed by atoms with E-state index in [9.17, 15) is 14.4 Å². The molecule has 7 heteroatoms. The van der Waals surface area contributed by atoms with E-state index in [4.69, 9.17) is 10.5 Å². The van der Waals surface area contributed by atoms with E-state index in [1.54, 1.807) is 54.6 Å². The van der Waals surface area contributed by atoms with Crippen LogP contribution in [0, 0.1) is 0 Å². The molecule has 0 aliphatic heterocycles. The molecule has 22 heavy (non-hydrogen) atoms. The number of hydrogen-bond donors (Lipinski definition) is 3. The maximum atomic E-state index is 11.8. The highest BCUT2D eigenvalue weighted by atomic mass is 16.5. The molecule has 2 aromatic carbocycles. The first-order valence-electron chi connectivity index (χ1n) is 6.29. The second kappa shape index (κ2) is 6.89. The van der Waals surface area contributed by atoms with Crippen molar-refractivity contribution >= 4 is 23.5 Å². The monoisotopic (exact) mass is 299 g/mol. The summed E-state index contributed by atoms with van der Waals surface area (Å²) in [6.45, 7) is 0.